The molecule has 6 nitrogen and oxygen atoms in total. The summed E-state index contributed by atoms with van der Waals surface area (Å²) in [7, 11) is 3.08. The highest BCUT2D eigenvalue weighted by atomic mass is 16.5. The third-order valence-electron chi connectivity index (χ3n) is 2.82. The second kappa shape index (κ2) is 9.49. The van der Waals surface area contributed by atoms with Crippen LogP contribution in [0, 0.1) is 11.3 Å². The summed E-state index contributed by atoms with van der Waals surface area (Å²) in [6.45, 7) is 4.58. The lowest BCUT2D eigenvalue weighted by Crippen LogP contribution is -2.27. The van der Waals surface area contributed by atoms with Crippen LogP contribution in [0.5, 0.6) is 11.5 Å². The number of nitrogens with one attached hydrogen (secondary N) is 1. The molecule has 0 heterocycles. The number of methoxy groups -OCH3 is 2. The van der Waals surface area contributed by atoms with Crippen molar-refractivity contribution >= 4 is 12.0 Å². The van der Waals surface area contributed by atoms with E-state index in [1.165, 1.54) is 6.08 Å². The Hall–Kier alpha value is -2.52. The lowest BCUT2D eigenvalue weighted by atomic mass is 10.1. The van der Waals surface area contributed by atoms with Crippen LogP contribution in [-0.2, 0) is 9.53 Å². The van der Waals surface area contributed by atoms with E-state index < -0.39 is 5.91 Å². The molecule has 0 unspecified atom stereocenters. The molecule has 0 saturated carbocycles. The predicted octanol–water partition coefficient (Wildman–Crippen LogP) is 2.15. The summed E-state index contributed by atoms with van der Waals surface area (Å²) in [5.74, 6) is 0.721. The molecule has 0 spiro atoms. The van der Waals surface area contributed by atoms with Gasteiger partial charge < -0.3 is 19.5 Å². The van der Waals surface area contributed by atoms with Crippen LogP contribution in [0.25, 0.3) is 6.08 Å². The van der Waals surface area contributed by atoms with Crippen molar-refractivity contribution in [1.29, 1.82) is 5.26 Å². The van der Waals surface area contributed by atoms with Gasteiger partial charge in [-0.25, -0.2) is 0 Å². The number of hydrogen-bond acceptors (Lipinski definition) is 5. The van der Waals surface area contributed by atoms with Gasteiger partial charge in [0.05, 0.1) is 19.8 Å². The Labute approximate surface area is 136 Å². The zero-order valence-electron chi connectivity index (χ0n) is 13.9. The second-order valence-corrected chi connectivity index (χ2v) is 5.00. The topological polar surface area (TPSA) is 80.6 Å². The first kappa shape index (κ1) is 18.5. The summed E-state index contributed by atoms with van der Waals surface area (Å²) in [4.78, 5) is 11.9. The third-order valence-corrected chi connectivity index (χ3v) is 2.82. The molecule has 0 aromatic heterocycles. The van der Waals surface area contributed by atoms with Gasteiger partial charge in [0.25, 0.3) is 5.91 Å². The lowest BCUT2D eigenvalue weighted by molar-refractivity contribution is -0.117. The molecule has 0 aliphatic heterocycles. The highest BCUT2D eigenvalue weighted by molar-refractivity contribution is 6.01. The van der Waals surface area contributed by atoms with E-state index in [0.717, 1.165) is 0 Å². The number of amides is 1. The molecule has 124 valence electrons. The maximum atomic E-state index is 11.9. The molecule has 1 rings (SSSR count). The first-order chi connectivity index (χ1) is 11.0. The molecule has 0 aliphatic carbocycles. The Morgan fingerprint density at radius 1 is 1.35 bits per heavy atom. The van der Waals surface area contributed by atoms with E-state index in [4.69, 9.17) is 19.5 Å². The minimum Gasteiger partial charge on any atom is -0.493 e. The molecule has 0 atom stereocenters. The summed E-state index contributed by atoms with van der Waals surface area (Å²) in [5.41, 5.74) is 0.692. The van der Waals surface area contributed by atoms with Crippen molar-refractivity contribution < 1.29 is 19.0 Å². The molecular formula is C17H22N2O4. The predicted molar refractivity (Wildman–Crippen MR) is 87.2 cm³/mol. The van der Waals surface area contributed by atoms with Crippen molar-refractivity contribution in [3.05, 3.63) is 29.3 Å². The molecule has 6 heteroatoms. The van der Waals surface area contributed by atoms with Crippen molar-refractivity contribution in [3.63, 3.8) is 0 Å². The van der Waals surface area contributed by atoms with Gasteiger partial charge in [-0.2, -0.15) is 5.26 Å². The third kappa shape index (κ3) is 6.01. The van der Waals surface area contributed by atoms with Crippen molar-refractivity contribution in [2.75, 3.05) is 27.4 Å². The molecular weight excluding hydrogens is 296 g/mol. The van der Waals surface area contributed by atoms with Gasteiger partial charge in [0, 0.05) is 13.7 Å². The first-order valence-electron chi connectivity index (χ1n) is 7.25. The van der Waals surface area contributed by atoms with Gasteiger partial charge in [0.15, 0.2) is 11.5 Å². The molecule has 1 N–H and O–H groups in total. The Kier molecular flexibility index (Phi) is 7.64. The summed E-state index contributed by atoms with van der Waals surface area (Å²) >= 11 is 0. The Morgan fingerprint density at radius 3 is 2.65 bits per heavy atom. The maximum absolute atomic E-state index is 11.9. The smallest absolute Gasteiger partial charge is 0.262 e. The van der Waals surface area contributed by atoms with Crippen LogP contribution >= 0.6 is 0 Å². The largest absolute Gasteiger partial charge is 0.493 e. The van der Waals surface area contributed by atoms with Gasteiger partial charge >= 0.3 is 0 Å². The zero-order valence-corrected chi connectivity index (χ0v) is 13.9. The van der Waals surface area contributed by atoms with Crippen LogP contribution in [0.4, 0.5) is 0 Å². The van der Waals surface area contributed by atoms with Crippen LogP contribution in [0.15, 0.2) is 23.8 Å². The Morgan fingerprint density at radius 2 is 2.09 bits per heavy atom. The van der Waals surface area contributed by atoms with Crippen LogP contribution < -0.4 is 14.8 Å². The first-order valence-corrected chi connectivity index (χ1v) is 7.25. The Bertz CT molecular complexity index is 603. The van der Waals surface area contributed by atoms with E-state index in [-0.39, 0.29) is 11.7 Å². The fraction of sp³-hybridized carbons (Fsp3) is 0.412. The monoisotopic (exact) mass is 318 g/mol. The fourth-order valence-corrected chi connectivity index (χ4v) is 1.80. The molecule has 0 saturated heterocycles. The SMILES string of the molecule is COCCNC(=O)/C(C#N)=C/c1ccc(OC(C)C)c(OC)c1. The van der Waals surface area contributed by atoms with Gasteiger partial charge in [0.2, 0.25) is 0 Å². The highest BCUT2D eigenvalue weighted by Gasteiger charge is 2.11. The van der Waals surface area contributed by atoms with Crippen molar-refractivity contribution in [2.45, 2.75) is 20.0 Å². The standard InChI is InChI=1S/C17H22N2O4/c1-12(2)23-15-6-5-13(10-16(15)22-4)9-14(11-18)17(20)19-7-8-21-3/h5-6,9-10,12H,7-8H2,1-4H3,(H,19,20)/b14-9+. The molecule has 1 aromatic carbocycles. The van der Waals surface area contributed by atoms with E-state index in [1.807, 2.05) is 19.9 Å². The molecule has 0 aliphatic rings. The van der Waals surface area contributed by atoms with Gasteiger partial charge in [0.1, 0.15) is 11.6 Å². The zero-order chi connectivity index (χ0) is 17.2. The van der Waals surface area contributed by atoms with E-state index in [2.05, 4.69) is 5.32 Å². The second-order valence-electron chi connectivity index (χ2n) is 5.00. The van der Waals surface area contributed by atoms with Crippen molar-refractivity contribution in [2.24, 2.45) is 0 Å². The van der Waals surface area contributed by atoms with E-state index in [9.17, 15) is 4.79 Å². The van der Waals surface area contributed by atoms with Gasteiger partial charge in [-0.1, -0.05) is 6.07 Å². The molecule has 0 bridgehead atoms. The average molecular weight is 318 g/mol. The van der Waals surface area contributed by atoms with E-state index >= 15 is 0 Å². The molecule has 23 heavy (non-hydrogen) atoms. The summed E-state index contributed by atoms with van der Waals surface area (Å²) < 4.78 is 15.8. The van der Waals surface area contributed by atoms with Crippen LogP contribution in [0.2, 0.25) is 0 Å². The van der Waals surface area contributed by atoms with Crippen molar-refractivity contribution in [3.8, 4) is 17.6 Å². The van der Waals surface area contributed by atoms with Gasteiger partial charge in [-0.3, -0.25) is 4.79 Å². The number of benzene rings is 1. The number of rotatable bonds is 8. The van der Waals surface area contributed by atoms with Gasteiger partial charge in [-0.15, -0.1) is 0 Å². The quantitative estimate of drug-likeness (QED) is 0.451. The highest BCUT2D eigenvalue weighted by Crippen LogP contribution is 2.29. The van der Waals surface area contributed by atoms with E-state index in [1.54, 1.807) is 32.4 Å². The minimum absolute atomic E-state index is 0.0145. The van der Waals surface area contributed by atoms with Crippen LogP contribution in [0.3, 0.4) is 0 Å². The summed E-state index contributed by atoms with van der Waals surface area (Å²) in [5, 5.41) is 11.8. The fourth-order valence-electron chi connectivity index (χ4n) is 1.80. The number of carbonyl (C=O) groups excluding carboxylic acids is 1. The summed E-state index contributed by atoms with van der Waals surface area (Å²) in [6, 6.07) is 7.13. The minimum atomic E-state index is -0.439. The number of nitrogens with zero attached hydrogens (tertiary/aromatic N) is 1. The van der Waals surface area contributed by atoms with Crippen molar-refractivity contribution in [1.82, 2.24) is 5.32 Å². The van der Waals surface area contributed by atoms with E-state index in [0.29, 0.717) is 30.2 Å². The van der Waals surface area contributed by atoms with Crippen LogP contribution in [-0.4, -0.2) is 39.4 Å². The normalized spacial score (nSPS) is 11.0. The number of carbonyl (C=O) groups is 1. The molecule has 0 radical (unpaired) electrons. The lowest BCUT2D eigenvalue weighted by Gasteiger charge is -2.13. The van der Waals surface area contributed by atoms with Crippen LogP contribution in [0.1, 0.15) is 19.4 Å². The average Bonchev–Trinajstić information content (AvgIpc) is 2.53. The van der Waals surface area contributed by atoms with Gasteiger partial charge in [-0.05, 0) is 37.6 Å². The number of nitriles is 1. The summed E-state index contributed by atoms with van der Waals surface area (Å²) in [6.07, 6.45) is 1.52. The Balaban J connectivity index is 2.96. The maximum Gasteiger partial charge on any atom is 0.262 e. The molecule has 1 aromatic rings. The number of ether oxygens (including phenoxy) is 3. The molecule has 0 fully saturated rings. The molecule has 1 amide bonds. The number of hydrogen-bond donors (Lipinski definition) is 1.